The SMILES string of the molecule is Cc1c(NC(=O)c2ccccc2)cccc1NC(=O)C1(CN)CCOCC1. The molecule has 0 saturated carbocycles. The van der Waals surface area contributed by atoms with E-state index in [2.05, 4.69) is 10.6 Å². The Morgan fingerprint density at radius 3 is 2.26 bits per heavy atom. The van der Waals surface area contributed by atoms with Gasteiger partial charge in [0.15, 0.2) is 0 Å². The molecule has 0 aliphatic carbocycles. The van der Waals surface area contributed by atoms with Crippen molar-refractivity contribution >= 4 is 23.2 Å². The first-order valence-electron chi connectivity index (χ1n) is 9.11. The zero-order chi connectivity index (χ0) is 19.3. The molecule has 0 atom stereocenters. The van der Waals surface area contributed by atoms with Crippen LogP contribution in [0.4, 0.5) is 11.4 Å². The average Bonchev–Trinajstić information content (AvgIpc) is 2.72. The quantitative estimate of drug-likeness (QED) is 0.757. The first kappa shape index (κ1) is 19.1. The average molecular weight is 367 g/mol. The Kier molecular flexibility index (Phi) is 5.88. The van der Waals surface area contributed by atoms with Crippen molar-refractivity contribution in [2.75, 3.05) is 30.4 Å². The number of benzene rings is 2. The molecule has 6 nitrogen and oxygen atoms in total. The fraction of sp³-hybridized carbons (Fsp3) is 0.333. The lowest BCUT2D eigenvalue weighted by Crippen LogP contribution is -2.46. The number of carbonyl (C=O) groups excluding carboxylic acids is 2. The van der Waals surface area contributed by atoms with Crippen molar-refractivity contribution in [3.63, 3.8) is 0 Å². The largest absolute Gasteiger partial charge is 0.381 e. The lowest BCUT2D eigenvalue weighted by atomic mass is 9.79. The molecule has 2 aromatic rings. The van der Waals surface area contributed by atoms with E-state index >= 15 is 0 Å². The lowest BCUT2D eigenvalue weighted by molar-refractivity contribution is -0.130. The molecule has 2 amide bonds. The molecular weight excluding hydrogens is 342 g/mol. The monoisotopic (exact) mass is 367 g/mol. The number of amides is 2. The number of anilines is 2. The Bertz CT molecular complexity index is 815. The van der Waals surface area contributed by atoms with E-state index in [0.29, 0.717) is 43.0 Å². The maximum absolute atomic E-state index is 12.9. The minimum absolute atomic E-state index is 0.0945. The van der Waals surface area contributed by atoms with Crippen molar-refractivity contribution in [3.8, 4) is 0 Å². The highest BCUT2D eigenvalue weighted by atomic mass is 16.5. The van der Waals surface area contributed by atoms with Gasteiger partial charge in [-0.3, -0.25) is 9.59 Å². The highest BCUT2D eigenvalue weighted by Gasteiger charge is 2.39. The predicted molar refractivity (Wildman–Crippen MR) is 106 cm³/mol. The molecule has 142 valence electrons. The molecule has 6 heteroatoms. The molecule has 1 fully saturated rings. The Morgan fingerprint density at radius 2 is 1.63 bits per heavy atom. The predicted octanol–water partition coefficient (Wildman–Crippen LogP) is 2.94. The lowest BCUT2D eigenvalue weighted by Gasteiger charge is -2.34. The van der Waals surface area contributed by atoms with Crippen LogP contribution in [-0.2, 0) is 9.53 Å². The maximum atomic E-state index is 12.9. The molecule has 4 N–H and O–H groups in total. The third-order valence-electron chi connectivity index (χ3n) is 5.19. The summed E-state index contributed by atoms with van der Waals surface area (Å²) in [5.41, 5.74) is 8.03. The van der Waals surface area contributed by atoms with Gasteiger partial charge in [-0.1, -0.05) is 24.3 Å². The second-order valence-corrected chi connectivity index (χ2v) is 6.85. The standard InChI is InChI=1S/C21H25N3O3/c1-15-17(23-19(25)16-6-3-2-4-7-16)8-5-9-18(15)24-20(26)21(14-22)10-12-27-13-11-21/h2-9H,10-14,22H2,1H3,(H,23,25)(H,24,26). The van der Waals surface area contributed by atoms with Gasteiger partial charge in [0, 0.05) is 36.7 Å². The van der Waals surface area contributed by atoms with Gasteiger partial charge in [0.05, 0.1) is 5.41 Å². The normalized spacial score (nSPS) is 15.8. The third-order valence-corrected chi connectivity index (χ3v) is 5.19. The van der Waals surface area contributed by atoms with Crippen molar-refractivity contribution in [3.05, 3.63) is 59.7 Å². The van der Waals surface area contributed by atoms with E-state index in [1.807, 2.05) is 43.3 Å². The van der Waals surface area contributed by atoms with Crippen LogP contribution in [0.3, 0.4) is 0 Å². The van der Waals surface area contributed by atoms with E-state index in [0.717, 1.165) is 5.56 Å². The number of rotatable bonds is 5. The van der Waals surface area contributed by atoms with Crippen LogP contribution in [0.25, 0.3) is 0 Å². The molecule has 27 heavy (non-hydrogen) atoms. The van der Waals surface area contributed by atoms with Crippen LogP contribution >= 0.6 is 0 Å². The Hall–Kier alpha value is -2.70. The van der Waals surface area contributed by atoms with Crippen molar-refractivity contribution in [1.29, 1.82) is 0 Å². The highest BCUT2D eigenvalue weighted by Crippen LogP contribution is 2.32. The van der Waals surface area contributed by atoms with E-state index in [4.69, 9.17) is 10.5 Å². The molecule has 1 heterocycles. The number of carbonyl (C=O) groups is 2. The van der Waals surface area contributed by atoms with Gasteiger partial charge in [-0.25, -0.2) is 0 Å². The van der Waals surface area contributed by atoms with Crippen LogP contribution in [0.15, 0.2) is 48.5 Å². The molecule has 3 rings (SSSR count). The van der Waals surface area contributed by atoms with E-state index in [1.165, 1.54) is 0 Å². The second kappa shape index (κ2) is 8.33. The van der Waals surface area contributed by atoms with E-state index in [9.17, 15) is 9.59 Å². The molecule has 1 aliphatic heterocycles. The summed E-state index contributed by atoms with van der Waals surface area (Å²) in [6, 6.07) is 14.5. The van der Waals surface area contributed by atoms with Crippen LogP contribution < -0.4 is 16.4 Å². The molecule has 0 bridgehead atoms. The number of hydrogen-bond acceptors (Lipinski definition) is 4. The van der Waals surface area contributed by atoms with Crippen molar-refractivity contribution in [2.45, 2.75) is 19.8 Å². The maximum Gasteiger partial charge on any atom is 0.255 e. The topological polar surface area (TPSA) is 93.5 Å². The van der Waals surface area contributed by atoms with Gasteiger partial charge in [0.25, 0.3) is 5.91 Å². The van der Waals surface area contributed by atoms with Crippen LogP contribution in [0, 0.1) is 12.3 Å². The van der Waals surface area contributed by atoms with Gasteiger partial charge in [0.2, 0.25) is 5.91 Å². The first-order valence-corrected chi connectivity index (χ1v) is 9.11. The van der Waals surface area contributed by atoms with Gasteiger partial charge in [-0.2, -0.15) is 0 Å². The van der Waals surface area contributed by atoms with E-state index in [1.54, 1.807) is 12.1 Å². The van der Waals surface area contributed by atoms with Crippen LogP contribution in [0.5, 0.6) is 0 Å². The summed E-state index contributed by atoms with van der Waals surface area (Å²) in [5, 5.41) is 5.91. The molecule has 0 spiro atoms. The summed E-state index contributed by atoms with van der Waals surface area (Å²) in [4.78, 5) is 25.3. The molecule has 1 saturated heterocycles. The molecule has 2 aromatic carbocycles. The number of nitrogens with two attached hydrogens (primary N) is 1. The minimum atomic E-state index is -0.603. The zero-order valence-electron chi connectivity index (χ0n) is 15.5. The zero-order valence-corrected chi connectivity index (χ0v) is 15.5. The van der Waals surface area contributed by atoms with Crippen molar-refractivity contribution in [2.24, 2.45) is 11.1 Å². The van der Waals surface area contributed by atoms with Crippen LogP contribution in [0.1, 0.15) is 28.8 Å². The van der Waals surface area contributed by atoms with Crippen LogP contribution in [-0.4, -0.2) is 31.6 Å². The third kappa shape index (κ3) is 4.18. The Morgan fingerprint density at radius 1 is 1.00 bits per heavy atom. The highest BCUT2D eigenvalue weighted by molar-refractivity contribution is 6.05. The second-order valence-electron chi connectivity index (χ2n) is 6.85. The van der Waals surface area contributed by atoms with Gasteiger partial charge < -0.3 is 21.1 Å². The molecule has 0 unspecified atom stereocenters. The first-order chi connectivity index (χ1) is 13.1. The van der Waals surface area contributed by atoms with Gasteiger partial charge in [-0.05, 0) is 49.6 Å². The van der Waals surface area contributed by atoms with E-state index in [-0.39, 0.29) is 18.4 Å². The molecule has 0 aromatic heterocycles. The number of nitrogens with one attached hydrogen (secondary N) is 2. The van der Waals surface area contributed by atoms with Crippen molar-refractivity contribution in [1.82, 2.24) is 0 Å². The Labute approximate surface area is 159 Å². The van der Waals surface area contributed by atoms with Gasteiger partial charge >= 0.3 is 0 Å². The summed E-state index contributed by atoms with van der Waals surface area (Å²) >= 11 is 0. The summed E-state index contributed by atoms with van der Waals surface area (Å²) in [6.07, 6.45) is 1.22. The fourth-order valence-electron chi connectivity index (χ4n) is 3.23. The summed E-state index contributed by atoms with van der Waals surface area (Å²) < 4.78 is 5.37. The van der Waals surface area contributed by atoms with Crippen LogP contribution in [0.2, 0.25) is 0 Å². The Balaban J connectivity index is 1.76. The summed E-state index contributed by atoms with van der Waals surface area (Å²) in [6.45, 7) is 3.23. The molecule has 1 aliphatic rings. The minimum Gasteiger partial charge on any atom is -0.381 e. The smallest absolute Gasteiger partial charge is 0.255 e. The van der Waals surface area contributed by atoms with E-state index < -0.39 is 5.41 Å². The number of hydrogen-bond donors (Lipinski definition) is 3. The molecule has 0 radical (unpaired) electrons. The summed E-state index contributed by atoms with van der Waals surface area (Å²) in [5.74, 6) is -0.284. The van der Waals surface area contributed by atoms with Gasteiger partial charge in [0.1, 0.15) is 0 Å². The fourth-order valence-corrected chi connectivity index (χ4v) is 3.23. The molecular formula is C21H25N3O3. The summed E-state index contributed by atoms with van der Waals surface area (Å²) in [7, 11) is 0. The van der Waals surface area contributed by atoms with Crippen molar-refractivity contribution < 1.29 is 14.3 Å². The van der Waals surface area contributed by atoms with Gasteiger partial charge in [-0.15, -0.1) is 0 Å². The number of ether oxygens (including phenoxy) is 1.